The van der Waals surface area contributed by atoms with Crippen molar-refractivity contribution in [3.05, 3.63) is 59.2 Å². The standard InChI is InChI=1S/C18H21N5S2/c1-13-11-14(2)20-17(19-13)25-12-16-21-22-18(24-3)23(16)10-9-15-7-5-4-6-8-15/h4-8,11H,9-10,12H2,1-3H3. The van der Waals surface area contributed by atoms with Crippen molar-refractivity contribution in [2.24, 2.45) is 0 Å². The molecule has 0 radical (unpaired) electrons. The Morgan fingerprint density at radius 2 is 1.72 bits per heavy atom. The molecule has 0 fully saturated rings. The maximum Gasteiger partial charge on any atom is 0.190 e. The quantitative estimate of drug-likeness (QED) is 0.463. The first-order valence-electron chi connectivity index (χ1n) is 8.11. The summed E-state index contributed by atoms with van der Waals surface area (Å²) in [5.41, 5.74) is 3.30. The molecule has 0 spiro atoms. The Morgan fingerprint density at radius 3 is 2.40 bits per heavy atom. The Bertz CT molecular complexity index is 812. The lowest BCUT2D eigenvalue weighted by molar-refractivity contribution is 0.615. The van der Waals surface area contributed by atoms with E-state index in [0.717, 1.165) is 40.5 Å². The summed E-state index contributed by atoms with van der Waals surface area (Å²) in [4.78, 5) is 8.98. The first-order valence-corrected chi connectivity index (χ1v) is 10.3. The summed E-state index contributed by atoms with van der Waals surface area (Å²) in [6.07, 6.45) is 3.00. The largest absolute Gasteiger partial charge is 0.305 e. The van der Waals surface area contributed by atoms with Crippen molar-refractivity contribution in [2.75, 3.05) is 6.26 Å². The molecule has 130 valence electrons. The van der Waals surface area contributed by atoms with Gasteiger partial charge in [0.05, 0.1) is 5.75 Å². The average Bonchev–Trinajstić information content (AvgIpc) is 3.00. The fourth-order valence-electron chi connectivity index (χ4n) is 2.57. The van der Waals surface area contributed by atoms with Gasteiger partial charge in [-0.15, -0.1) is 10.2 Å². The lowest BCUT2D eigenvalue weighted by Crippen LogP contribution is -2.07. The van der Waals surface area contributed by atoms with Crippen LogP contribution in [0.3, 0.4) is 0 Å². The normalized spacial score (nSPS) is 11.0. The van der Waals surface area contributed by atoms with E-state index in [1.165, 1.54) is 5.56 Å². The summed E-state index contributed by atoms with van der Waals surface area (Å²) in [6, 6.07) is 12.5. The van der Waals surface area contributed by atoms with E-state index in [2.05, 4.69) is 49.0 Å². The maximum atomic E-state index is 4.49. The third kappa shape index (κ3) is 4.83. The van der Waals surface area contributed by atoms with Crippen LogP contribution in [0, 0.1) is 13.8 Å². The zero-order valence-corrected chi connectivity index (χ0v) is 16.3. The van der Waals surface area contributed by atoms with Crippen LogP contribution in [0.25, 0.3) is 0 Å². The highest BCUT2D eigenvalue weighted by molar-refractivity contribution is 7.98. The summed E-state index contributed by atoms with van der Waals surface area (Å²) in [5, 5.41) is 10.4. The smallest absolute Gasteiger partial charge is 0.190 e. The van der Waals surface area contributed by atoms with E-state index in [-0.39, 0.29) is 0 Å². The van der Waals surface area contributed by atoms with E-state index >= 15 is 0 Å². The summed E-state index contributed by atoms with van der Waals surface area (Å²) in [7, 11) is 0. The van der Waals surface area contributed by atoms with Gasteiger partial charge in [0.25, 0.3) is 0 Å². The molecule has 0 saturated heterocycles. The van der Waals surface area contributed by atoms with Gasteiger partial charge in [0, 0.05) is 17.9 Å². The molecule has 2 aromatic heterocycles. The summed E-state index contributed by atoms with van der Waals surface area (Å²) >= 11 is 3.23. The molecule has 1 aromatic carbocycles. The van der Waals surface area contributed by atoms with Gasteiger partial charge < -0.3 is 4.57 Å². The Hall–Kier alpha value is -1.86. The predicted octanol–water partition coefficient (Wildman–Crippen LogP) is 3.94. The highest BCUT2D eigenvalue weighted by atomic mass is 32.2. The van der Waals surface area contributed by atoms with E-state index < -0.39 is 0 Å². The molecule has 2 heterocycles. The van der Waals surface area contributed by atoms with Gasteiger partial charge in [0.2, 0.25) is 0 Å². The number of aryl methyl sites for hydroxylation is 3. The molecular weight excluding hydrogens is 350 g/mol. The number of aromatic nitrogens is 5. The number of rotatable bonds is 7. The van der Waals surface area contributed by atoms with E-state index in [0.29, 0.717) is 5.75 Å². The Labute approximate surface area is 156 Å². The minimum Gasteiger partial charge on any atom is -0.305 e. The molecule has 0 N–H and O–H groups in total. The summed E-state index contributed by atoms with van der Waals surface area (Å²) in [5.74, 6) is 1.68. The highest BCUT2D eigenvalue weighted by Crippen LogP contribution is 2.22. The molecule has 7 heteroatoms. The minimum absolute atomic E-state index is 0.714. The van der Waals surface area contributed by atoms with Crippen molar-refractivity contribution >= 4 is 23.5 Å². The molecule has 0 atom stereocenters. The molecule has 5 nitrogen and oxygen atoms in total. The van der Waals surface area contributed by atoms with Crippen LogP contribution < -0.4 is 0 Å². The van der Waals surface area contributed by atoms with Crippen LogP contribution in [0.1, 0.15) is 22.8 Å². The number of nitrogens with zero attached hydrogens (tertiary/aromatic N) is 5. The Morgan fingerprint density at radius 1 is 1.00 bits per heavy atom. The van der Waals surface area contributed by atoms with Crippen LogP contribution in [0.5, 0.6) is 0 Å². The lowest BCUT2D eigenvalue weighted by Gasteiger charge is -2.09. The third-order valence-electron chi connectivity index (χ3n) is 3.74. The first kappa shape index (κ1) is 17.9. The lowest BCUT2D eigenvalue weighted by atomic mass is 10.1. The van der Waals surface area contributed by atoms with Crippen LogP contribution in [0.2, 0.25) is 0 Å². The number of thioether (sulfide) groups is 2. The van der Waals surface area contributed by atoms with Gasteiger partial charge >= 0.3 is 0 Å². The molecule has 0 saturated carbocycles. The van der Waals surface area contributed by atoms with Gasteiger partial charge in [-0.25, -0.2) is 9.97 Å². The molecule has 0 bridgehead atoms. The van der Waals surface area contributed by atoms with Crippen molar-refractivity contribution in [3.63, 3.8) is 0 Å². The molecule has 0 aliphatic rings. The SMILES string of the molecule is CSc1nnc(CSc2nc(C)cc(C)n2)n1CCc1ccccc1. The van der Waals surface area contributed by atoms with Gasteiger partial charge in [-0.2, -0.15) is 0 Å². The number of hydrogen-bond acceptors (Lipinski definition) is 6. The fourth-order valence-corrected chi connectivity index (χ4v) is 4.00. The third-order valence-corrected chi connectivity index (χ3v) is 5.25. The van der Waals surface area contributed by atoms with Gasteiger partial charge in [-0.05, 0) is 38.2 Å². The Balaban J connectivity index is 1.71. The van der Waals surface area contributed by atoms with Crippen LogP contribution in [0.15, 0.2) is 46.7 Å². The Kier molecular flexibility index (Phi) is 6.09. The molecule has 3 aromatic rings. The van der Waals surface area contributed by atoms with Crippen LogP contribution in [-0.2, 0) is 18.7 Å². The second-order valence-electron chi connectivity index (χ2n) is 5.71. The fraction of sp³-hybridized carbons (Fsp3) is 0.333. The average molecular weight is 372 g/mol. The molecule has 0 amide bonds. The monoisotopic (exact) mass is 371 g/mol. The van der Waals surface area contributed by atoms with Crippen molar-refractivity contribution < 1.29 is 0 Å². The minimum atomic E-state index is 0.714. The zero-order chi connectivity index (χ0) is 17.6. The second kappa shape index (κ2) is 8.49. The zero-order valence-electron chi connectivity index (χ0n) is 14.6. The van der Waals surface area contributed by atoms with E-state index in [4.69, 9.17) is 0 Å². The van der Waals surface area contributed by atoms with Crippen LogP contribution >= 0.6 is 23.5 Å². The van der Waals surface area contributed by atoms with Crippen molar-refractivity contribution in [3.8, 4) is 0 Å². The molecule has 0 aliphatic carbocycles. The number of hydrogen-bond donors (Lipinski definition) is 0. The van der Waals surface area contributed by atoms with Crippen molar-refractivity contribution in [1.82, 2.24) is 24.7 Å². The maximum absolute atomic E-state index is 4.49. The van der Waals surface area contributed by atoms with Gasteiger partial charge in [0.1, 0.15) is 5.82 Å². The van der Waals surface area contributed by atoms with E-state index in [1.54, 1.807) is 23.5 Å². The molecular formula is C18H21N5S2. The van der Waals surface area contributed by atoms with Crippen molar-refractivity contribution in [2.45, 2.75) is 42.9 Å². The van der Waals surface area contributed by atoms with Gasteiger partial charge in [-0.1, -0.05) is 53.9 Å². The first-order chi connectivity index (χ1) is 12.2. The molecule has 0 aliphatic heterocycles. The van der Waals surface area contributed by atoms with Gasteiger partial charge in [0.15, 0.2) is 10.3 Å². The molecule has 0 unspecified atom stereocenters. The van der Waals surface area contributed by atoms with Crippen LogP contribution in [0.4, 0.5) is 0 Å². The van der Waals surface area contributed by atoms with E-state index in [1.807, 2.05) is 32.2 Å². The van der Waals surface area contributed by atoms with E-state index in [9.17, 15) is 0 Å². The molecule has 3 rings (SSSR count). The van der Waals surface area contributed by atoms with Crippen LogP contribution in [-0.4, -0.2) is 31.0 Å². The summed E-state index contributed by atoms with van der Waals surface area (Å²) < 4.78 is 2.20. The topological polar surface area (TPSA) is 56.5 Å². The summed E-state index contributed by atoms with van der Waals surface area (Å²) in [6.45, 7) is 4.86. The number of benzene rings is 1. The highest BCUT2D eigenvalue weighted by Gasteiger charge is 2.13. The second-order valence-corrected chi connectivity index (χ2v) is 7.43. The predicted molar refractivity (Wildman–Crippen MR) is 103 cm³/mol. The molecule has 25 heavy (non-hydrogen) atoms. The van der Waals surface area contributed by atoms with Crippen molar-refractivity contribution in [1.29, 1.82) is 0 Å². The van der Waals surface area contributed by atoms with Gasteiger partial charge in [-0.3, -0.25) is 0 Å².